The van der Waals surface area contributed by atoms with Crippen molar-refractivity contribution in [2.75, 3.05) is 32.8 Å². The second-order valence-corrected chi connectivity index (χ2v) is 10.2. The minimum Gasteiger partial charge on any atom is -0.486 e. The third-order valence-electron chi connectivity index (χ3n) is 7.33. The Bertz CT molecular complexity index is 789. The molecular formula is C26H40N2O5. The number of benzene rings is 1. The summed E-state index contributed by atoms with van der Waals surface area (Å²) in [6, 6.07) is 5.13. The molecule has 0 radical (unpaired) electrons. The minimum atomic E-state index is -0.820. The highest BCUT2D eigenvalue weighted by Gasteiger charge is 2.39. The van der Waals surface area contributed by atoms with E-state index in [1.165, 1.54) is 0 Å². The Hall–Kier alpha value is -1.83. The first-order valence-corrected chi connectivity index (χ1v) is 12.7. The van der Waals surface area contributed by atoms with Gasteiger partial charge in [0.25, 0.3) is 0 Å². The van der Waals surface area contributed by atoms with Crippen LogP contribution in [0.3, 0.4) is 0 Å². The lowest BCUT2D eigenvalue weighted by Crippen LogP contribution is -2.46. The van der Waals surface area contributed by atoms with Crippen molar-refractivity contribution in [3.8, 4) is 11.5 Å². The predicted molar refractivity (Wildman–Crippen MR) is 126 cm³/mol. The van der Waals surface area contributed by atoms with Gasteiger partial charge in [-0.25, -0.2) is 0 Å². The van der Waals surface area contributed by atoms with Gasteiger partial charge in [0.1, 0.15) is 19.3 Å². The second kappa shape index (κ2) is 11.1. The molecule has 7 nitrogen and oxygen atoms in total. The molecule has 7 heteroatoms. The van der Waals surface area contributed by atoms with Crippen LogP contribution in [-0.4, -0.2) is 65.5 Å². The van der Waals surface area contributed by atoms with Gasteiger partial charge in [-0.1, -0.05) is 18.9 Å². The summed E-state index contributed by atoms with van der Waals surface area (Å²) in [4.78, 5) is 15.1. The molecule has 1 amide bonds. The van der Waals surface area contributed by atoms with Crippen molar-refractivity contribution in [2.45, 2.75) is 82.5 Å². The van der Waals surface area contributed by atoms with Crippen LogP contribution in [0.5, 0.6) is 11.5 Å². The van der Waals surface area contributed by atoms with Crippen molar-refractivity contribution in [1.29, 1.82) is 0 Å². The van der Waals surface area contributed by atoms with E-state index >= 15 is 0 Å². The van der Waals surface area contributed by atoms with Crippen LogP contribution in [0, 0.1) is 5.92 Å². The Kier molecular flexibility index (Phi) is 8.15. The van der Waals surface area contributed by atoms with Gasteiger partial charge in [0.2, 0.25) is 5.91 Å². The maximum absolute atomic E-state index is 12.7. The highest BCUT2D eigenvalue weighted by molar-refractivity contribution is 5.76. The van der Waals surface area contributed by atoms with Gasteiger partial charge in [-0.2, -0.15) is 0 Å². The smallest absolute Gasteiger partial charge is 0.220 e. The summed E-state index contributed by atoms with van der Waals surface area (Å²) in [6.07, 6.45) is 7.68. The van der Waals surface area contributed by atoms with Gasteiger partial charge in [0.05, 0.1) is 11.6 Å². The molecule has 184 valence electrons. The zero-order valence-corrected chi connectivity index (χ0v) is 19.9. The van der Waals surface area contributed by atoms with E-state index in [4.69, 9.17) is 9.47 Å². The number of aliphatic hydroxyl groups is 2. The summed E-state index contributed by atoms with van der Waals surface area (Å²) in [6.45, 7) is 5.60. The number of fused-ring (bicyclic) bond motifs is 1. The molecule has 2 fully saturated rings. The van der Waals surface area contributed by atoms with E-state index in [9.17, 15) is 15.0 Å². The van der Waals surface area contributed by atoms with E-state index in [1.807, 2.05) is 25.1 Å². The quantitative estimate of drug-likeness (QED) is 0.415. The molecular weight excluding hydrogens is 420 g/mol. The second-order valence-electron chi connectivity index (χ2n) is 10.2. The van der Waals surface area contributed by atoms with Crippen molar-refractivity contribution in [2.24, 2.45) is 5.92 Å². The number of hydrogen-bond acceptors (Lipinski definition) is 6. The van der Waals surface area contributed by atoms with Crippen LogP contribution in [0.2, 0.25) is 0 Å². The molecule has 0 bridgehead atoms. The molecule has 1 saturated heterocycles. The van der Waals surface area contributed by atoms with Crippen molar-refractivity contribution in [3.63, 3.8) is 0 Å². The molecule has 0 aromatic heterocycles. The number of likely N-dealkylation sites (tertiary alicyclic amines) is 1. The number of nitrogens with one attached hydrogen (secondary N) is 1. The molecule has 0 spiro atoms. The van der Waals surface area contributed by atoms with Gasteiger partial charge in [0.15, 0.2) is 11.5 Å². The first kappa shape index (κ1) is 24.3. The largest absolute Gasteiger partial charge is 0.486 e. The molecule has 1 unspecified atom stereocenters. The van der Waals surface area contributed by atoms with E-state index < -0.39 is 11.7 Å². The highest BCUT2D eigenvalue weighted by atomic mass is 16.6. The Morgan fingerprint density at radius 3 is 2.61 bits per heavy atom. The minimum absolute atomic E-state index is 0.0234. The number of ether oxygens (including phenoxy) is 2. The molecule has 3 atom stereocenters. The molecule has 1 saturated carbocycles. The van der Waals surface area contributed by atoms with Crippen LogP contribution < -0.4 is 14.8 Å². The van der Waals surface area contributed by atoms with Gasteiger partial charge >= 0.3 is 0 Å². The summed E-state index contributed by atoms with van der Waals surface area (Å²) in [5.74, 6) is 1.78. The molecule has 2 heterocycles. The van der Waals surface area contributed by atoms with Gasteiger partial charge in [-0.05, 0) is 82.2 Å². The number of hydrogen-bond donors (Lipinski definition) is 3. The predicted octanol–water partition coefficient (Wildman–Crippen LogP) is 3.18. The summed E-state index contributed by atoms with van der Waals surface area (Å²) < 4.78 is 11.3. The van der Waals surface area contributed by atoms with Gasteiger partial charge in [0, 0.05) is 13.0 Å². The lowest BCUT2D eigenvalue weighted by molar-refractivity contribution is -0.123. The molecule has 3 aliphatic rings. The maximum atomic E-state index is 12.7. The Morgan fingerprint density at radius 2 is 1.88 bits per heavy atom. The molecule has 4 rings (SSSR count). The fraction of sp³-hybridized carbons (Fsp3) is 0.731. The first-order valence-electron chi connectivity index (χ1n) is 12.7. The number of rotatable bonds is 12. The first-order chi connectivity index (χ1) is 15.9. The van der Waals surface area contributed by atoms with Gasteiger partial charge in [-0.3, -0.25) is 4.79 Å². The monoisotopic (exact) mass is 460 g/mol. The number of amides is 1. The van der Waals surface area contributed by atoms with E-state index in [1.54, 1.807) is 0 Å². The average Bonchev–Trinajstić information content (AvgIpc) is 3.56. The van der Waals surface area contributed by atoms with Crippen molar-refractivity contribution in [3.05, 3.63) is 23.8 Å². The molecule has 2 aliphatic heterocycles. The molecule has 3 N–H and O–H groups in total. The fourth-order valence-corrected chi connectivity index (χ4v) is 5.08. The third-order valence-corrected chi connectivity index (χ3v) is 7.33. The van der Waals surface area contributed by atoms with Crippen molar-refractivity contribution < 1.29 is 24.5 Å². The average molecular weight is 461 g/mol. The molecule has 33 heavy (non-hydrogen) atoms. The fourth-order valence-electron chi connectivity index (χ4n) is 5.08. The zero-order valence-electron chi connectivity index (χ0n) is 19.9. The van der Waals surface area contributed by atoms with E-state index in [0.717, 1.165) is 70.0 Å². The van der Waals surface area contributed by atoms with E-state index in [-0.39, 0.29) is 11.9 Å². The third kappa shape index (κ3) is 6.84. The van der Waals surface area contributed by atoms with Crippen LogP contribution in [0.1, 0.15) is 76.4 Å². The summed E-state index contributed by atoms with van der Waals surface area (Å²) in [7, 11) is 0. The maximum Gasteiger partial charge on any atom is 0.220 e. The summed E-state index contributed by atoms with van der Waals surface area (Å²) in [5.41, 5.74) is 0.183. The van der Waals surface area contributed by atoms with Crippen LogP contribution in [-0.2, 0) is 4.79 Å². The SMILES string of the molecule is CC(O)(CCCCCC(=O)N[C@H](CN1CCCC1)[C@H](O)c1ccc2c(c1)OCCO2)C1CC1. The van der Waals surface area contributed by atoms with Crippen molar-refractivity contribution >= 4 is 5.91 Å². The molecule has 1 aromatic rings. The van der Waals surface area contributed by atoms with E-state index in [0.29, 0.717) is 43.6 Å². The van der Waals surface area contributed by atoms with Crippen LogP contribution in [0.4, 0.5) is 0 Å². The normalized spacial score (nSPS) is 21.9. The standard InChI is InChI=1S/C26H40N2O5/c1-26(31,20-9-10-20)12-4-2-3-7-24(29)27-21(18-28-13-5-6-14-28)25(30)19-8-11-22-23(17-19)33-16-15-32-22/h8,11,17,20-21,25,30-31H,2-7,9-10,12-16,18H2,1H3,(H,27,29)/t21-,25-,26?/m1/s1. The highest BCUT2D eigenvalue weighted by Crippen LogP contribution is 2.42. The number of carbonyl (C=O) groups excluding carboxylic acids is 1. The lowest BCUT2D eigenvalue weighted by Gasteiger charge is -2.29. The number of nitrogens with zero attached hydrogens (tertiary/aromatic N) is 1. The molecule has 1 aromatic carbocycles. The Labute approximate surface area is 197 Å². The summed E-state index contributed by atoms with van der Waals surface area (Å²) >= 11 is 0. The van der Waals surface area contributed by atoms with Crippen LogP contribution >= 0.6 is 0 Å². The van der Waals surface area contributed by atoms with Gasteiger partial charge in [-0.15, -0.1) is 0 Å². The number of unbranched alkanes of at least 4 members (excludes halogenated alkanes) is 2. The van der Waals surface area contributed by atoms with Crippen LogP contribution in [0.15, 0.2) is 18.2 Å². The van der Waals surface area contributed by atoms with E-state index in [2.05, 4.69) is 10.2 Å². The van der Waals surface area contributed by atoms with Crippen molar-refractivity contribution in [1.82, 2.24) is 10.2 Å². The Morgan fingerprint density at radius 1 is 1.15 bits per heavy atom. The van der Waals surface area contributed by atoms with Gasteiger partial charge < -0.3 is 29.9 Å². The number of carbonyl (C=O) groups is 1. The Balaban J connectivity index is 1.29. The zero-order chi connectivity index (χ0) is 23.3. The number of aliphatic hydroxyl groups excluding tert-OH is 1. The summed E-state index contributed by atoms with van der Waals surface area (Å²) in [5, 5.41) is 24.7. The van der Waals surface area contributed by atoms with Crippen LogP contribution in [0.25, 0.3) is 0 Å². The molecule has 1 aliphatic carbocycles. The topological polar surface area (TPSA) is 91.3 Å². The lowest BCUT2D eigenvalue weighted by atomic mass is 9.93.